The van der Waals surface area contributed by atoms with Crippen molar-refractivity contribution in [1.82, 2.24) is 10.2 Å². The lowest BCUT2D eigenvalue weighted by Gasteiger charge is -2.34. The number of nitrogens with one attached hydrogen (secondary N) is 2. The van der Waals surface area contributed by atoms with Crippen LogP contribution in [0.5, 0.6) is 0 Å². The summed E-state index contributed by atoms with van der Waals surface area (Å²) in [5.74, 6) is 0.666. The van der Waals surface area contributed by atoms with Gasteiger partial charge in [0.1, 0.15) is 0 Å². The number of benzene rings is 1. The highest BCUT2D eigenvalue weighted by Crippen LogP contribution is 2.14. The van der Waals surface area contributed by atoms with Gasteiger partial charge in [0.2, 0.25) is 5.91 Å². The molecule has 7 nitrogen and oxygen atoms in total. The van der Waals surface area contributed by atoms with Crippen molar-refractivity contribution in [3.8, 4) is 0 Å². The minimum Gasteiger partial charge on any atom is -0.385 e. The molecule has 0 aliphatic carbocycles. The van der Waals surface area contributed by atoms with Gasteiger partial charge in [-0.05, 0) is 31.4 Å². The fourth-order valence-corrected chi connectivity index (χ4v) is 2.91. The highest BCUT2D eigenvalue weighted by Gasteiger charge is 2.22. The smallest absolute Gasteiger partial charge is 0.243 e. The van der Waals surface area contributed by atoms with E-state index in [1.165, 1.54) is 0 Å². The number of anilines is 1. The lowest BCUT2D eigenvalue weighted by Crippen LogP contribution is -2.48. The molecular weight excluding hydrogens is 332 g/mol. The Kier molecular flexibility index (Phi) is 8.92. The molecular formula is C19H30N4O3. The van der Waals surface area contributed by atoms with Gasteiger partial charge in [0.25, 0.3) is 0 Å². The molecule has 1 saturated heterocycles. The minimum atomic E-state index is -0.0892. The maximum absolute atomic E-state index is 12.1. The summed E-state index contributed by atoms with van der Waals surface area (Å²) >= 11 is 0. The van der Waals surface area contributed by atoms with E-state index in [1.54, 1.807) is 14.2 Å². The van der Waals surface area contributed by atoms with Crippen molar-refractivity contribution in [3.63, 3.8) is 0 Å². The molecule has 0 atom stereocenters. The Morgan fingerprint density at radius 2 is 1.96 bits per heavy atom. The van der Waals surface area contributed by atoms with Crippen LogP contribution >= 0.6 is 0 Å². The molecule has 1 aliphatic heterocycles. The first-order chi connectivity index (χ1) is 12.7. The molecule has 1 heterocycles. The number of para-hydroxylation sites is 1. The van der Waals surface area contributed by atoms with Crippen molar-refractivity contribution >= 4 is 17.6 Å². The Balaban J connectivity index is 1.68. The number of methoxy groups -OCH3 is 1. The second kappa shape index (κ2) is 11.5. The molecule has 1 aromatic rings. The van der Waals surface area contributed by atoms with Crippen LogP contribution in [-0.2, 0) is 14.3 Å². The van der Waals surface area contributed by atoms with Gasteiger partial charge in [-0.3, -0.25) is 9.79 Å². The van der Waals surface area contributed by atoms with E-state index < -0.39 is 0 Å². The standard InChI is InChI=1S/C19H30N4O3/c1-20-19(21-15-18(24)22-16-7-4-3-5-8-16)23-11-9-17(10-12-23)26-14-6-13-25-2/h3-5,7-8,17H,6,9-15H2,1-2H3,(H,20,21)(H,22,24). The number of amides is 1. The van der Waals surface area contributed by atoms with E-state index in [9.17, 15) is 4.79 Å². The highest BCUT2D eigenvalue weighted by atomic mass is 16.5. The summed E-state index contributed by atoms with van der Waals surface area (Å²) in [6.07, 6.45) is 3.15. The lowest BCUT2D eigenvalue weighted by molar-refractivity contribution is -0.115. The zero-order chi connectivity index (χ0) is 18.6. The van der Waals surface area contributed by atoms with Crippen molar-refractivity contribution in [2.75, 3.05) is 52.3 Å². The number of hydrogen-bond donors (Lipinski definition) is 2. The number of aliphatic imine (C=N–C) groups is 1. The van der Waals surface area contributed by atoms with Gasteiger partial charge in [0.15, 0.2) is 5.96 Å². The summed E-state index contributed by atoms with van der Waals surface area (Å²) < 4.78 is 10.9. The van der Waals surface area contributed by atoms with Gasteiger partial charge in [0, 0.05) is 46.1 Å². The topological polar surface area (TPSA) is 75.2 Å². The van der Waals surface area contributed by atoms with E-state index >= 15 is 0 Å². The van der Waals surface area contributed by atoms with Crippen LogP contribution < -0.4 is 10.6 Å². The molecule has 2 rings (SSSR count). The zero-order valence-electron chi connectivity index (χ0n) is 15.7. The molecule has 0 spiro atoms. The first kappa shape index (κ1) is 20.2. The molecule has 0 bridgehead atoms. The van der Waals surface area contributed by atoms with E-state index in [-0.39, 0.29) is 12.5 Å². The van der Waals surface area contributed by atoms with Gasteiger partial charge in [-0.15, -0.1) is 0 Å². The molecule has 26 heavy (non-hydrogen) atoms. The molecule has 1 amide bonds. The number of hydrogen-bond acceptors (Lipinski definition) is 4. The Morgan fingerprint density at radius 1 is 1.23 bits per heavy atom. The van der Waals surface area contributed by atoms with Crippen molar-refractivity contribution in [2.24, 2.45) is 4.99 Å². The monoisotopic (exact) mass is 362 g/mol. The first-order valence-electron chi connectivity index (χ1n) is 9.14. The van der Waals surface area contributed by atoms with E-state index in [2.05, 4.69) is 20.5 Å². The molecule has 1 aromatic carbocycles. The summed E-state index contributed by atoms with van der Waals surface area (Å²) in [7, 11) is 3.45. The molecule has 0 radical (unpaired) electrons. The third kappa shape index (κ3) is 7.01. The SMILES string of the molecule is CN=C(NCC(=O)Nc1ccccc1)N1CCC(OCCCOC)CC1. The third-order valence-corrected chi connectivity index (χ3v) is 4.26. The number of carbonyl (C=O) groups excluding carboxylic acids is 1. The first-order valence-corrected chi connectivity index (χ1v) is 9.14. The van der Waals surface area contributed by atoms with Crippen LogP contribution in [0.25, 0.3) is 0 Å². The van der Waals surface area contributed by atoms with E-state index in [0.717, 1.165) is 57.2 Å². The number of piperidine rings is 1. The third-order valence-electron chi connectivity index (χ3n) is 4.26. The van der Waals surface area contributed by atoms with Crippen molar-refractivity contribution in [1.29, 1.82) is 0 Å². The zero-order valence-corrected chi connectivity index (χ0v) is 15.7. The van der Waals surface area contributed by atoms with Crippen molar-refractivity contribution in [2.45, 2.75) is 25.4 Å². The van der Waals surface area contributed by atoms with Crippen LogP contribution in [0.1, 0.15) is 19.3 Å². The summed E-state index contributed by atoms with van der Waals surface area (Å²) in [5.41, 5.74) is 0.792. The van der Waals surface area contributed by atoms with E-state index in [1.807, 2.05) is 30.3 Å². The highest BCUT2D eigenvalue weighted by molar-refractivity contribution is 5.94. The normalized spacial score (nSPS) is 15.8. The number of likely N-dealkylation sites (tertiary alicyclic amines) is 1. The molecule has 2 N–H and O–H groups in total. The number of nitrogens with zero attached hydrogens (tertiary/aromatic N) is 2. The van der Waals surface area contributed by atoms with Gasteiger partial charge in [-0.1, -0.05) is 18.2 Å². The summed E-state index contributed by atoms with van der Waals surface area (Å²) in [6.45, 7) is 3.41. The summed E-state index contributed by atoms with van der Waals surface area (Å²) in [5, 5.41) is 6.00. The molecule has 1 aliphatic rings. The minimum absolute atomic E-state index is 0.0892. The summed E-state index contributed by atoms with van der Waals surface area (Å²) in [6, 6.07) is 9.43. The predicted molar refractivity (Wildman–Crippen MR) is 103 cm³/mol. The van der Waals surface area contributed by atoms with Crippen LogP contribution in [0.4, 0.5) is 5.69 Å². The molecule has 144 valence electrons. The average Bonchev–Trinajstić information content (AvgIpc) is 2.67. The van der Waals surface area contributed by atoms with Crippen LogP contribution in [0.3, 0.4) is 0 Å². The fourth-order valence-electron chi connectivity index (χ4n) is 2.91. The van der Waals surface area contributed by atoms with Gasteiger partial charge >= 0.3 is 0 Å². The van der Waals surface area contributed by atoms with Crippen LogP contribution in [0.2, 0.25) is 0 Å². The largest absolute Gasteiger partial charge is 0.385 e. The van der Waals surface area contributed by atoms with Gasteiger partial charge in [0.05, 0.1) is 12.6 Å². The Morgan fingerprint density at radius 3 is 2.62 bits per heavy atom. The van der Waals surface area contributed by atoms with Gasteiger partial charge in [-0.25, -0.2) is 0 Å². The van der Waals surface area contributed by atoms with E-state index in [0.29, 0.717) is 6.10 Å². The van der Waals surface area contributed by atoms with Crippen molar-refractivity contribution in [3.05, 3.63) is 30.3 Å². The van der Waals surface area contributed by atoms with Gasteiger partial charge < -0.3 is 25.0 Å². The second-order valence-electron chi connectivity index (χ2n) is 6.22. The lowest BCUT2D eigenvalue weighted by atomic mass is 10.1. The maximum atomic E-state index is 12.1. The van der Waals surface area contributed by atoms with E-state index in [4.69, 9.17) is 9.47 Å². The molecule has 1 fully saturated rings. The molecule has 0 unspecified atom stereocenters. The van der Waals surface area contributed by atoms with Gasteiger partial charge in [-0.2, -0.15) is 0 Å². The average molecular weight is 362 g/mol. The molecule has 7 heteroatoms. The van der Waals surface area contributed by atoms with Crippen LogP contribution in [-0.4, -0.2) is 69.9 Å². The quantitative estimate of drug-likeness (QED) is 0.418. The number of ether oxygens (including phenoxy) is 2. The Hall–Kier alpha value is -2.12. The Labute approximate surface area is 155 Å². The number of guanidine groups is 1. The van der Waals surface area contributed by atoms with Crippen molar-refractivity contribution < 1.29 is 14.3 Å². The molecule has 0 aromatic heterocycles. The fraction of sp³-hybridized carbons (Fsp3) is 0.579. The molecule has 0 saturated carbocycles. The summed E-state index contributed by atoms with van der Waals surface area (Å²) in [4.78, 5) is 18.5. The predicted octanol–water partition coefficient (Wildman–Crippen LogP) is 1.72. The Bertz CT molecular complexity index is 557. The van der Waals surface area contributed by atoms with Crippen LogP contribution in [0, 0.1) is 0 Å². The second-order valence-corrected chi connectivity index (χ2v) is 6.22. The maximum Gasteiger partial charge on any atom is 0.243 e. The number of rotatable bonds is 8. The number of carbonyl (C=O) groups is 1. The van der Waals surface area contributed by atoms with Crippen LogP contribution in [0.15, 0.2) is 35.3 Å².